The third-order valence-electron chi connectivity index (χ3n) is 2.90. The molecule has 0 saturated carbocycles. The minimum atomic E-state index is -3.43. The largest absolute Gasteiger partial charge is 0.345 e. The summed E-state index contributed by atoms with van der Waals surface area (Å²) in [6.45, 7) is 0.934. The molecular formula is C10H20Cl3N4O4P. The number of carbonyl (C=O) groups is 1. The molecule has 1 fully saturated rings. The highest BCUT2D eigenvalue weighted by Gasteiger charge is 2.40. The lowest BCUT2D eigenvalue weighted by molar-refractivity contribution is -0.0922. The van der Waals surface area contributed by atoms with Crippen molar-refractivity contribution >= 4 is 48.5 Å². The first-order valence-electron chi connectivity index (χ1n) is 6.70. The summed E-state index contributed by atoms with van der Waals surface area (Å²) in [6, 6.07) is -0.729. The van der Waals surface area contributed by atoms with E-state index in [1.165, 1.54) is 4.67 Å². The maximum Gasteiger partial charge on any atom is 0.345 e. The van der Waals surface area contributed by atoms with Gasteiger partial charge in [0.15, 0.2) is 0 Å². The number of amides is 2. The molecule has 1 saturated heterocycles. The summed E-state index contributed by atoms with van der Waals surface area (Å²) in [4.78, 5) is 11.7. The summed E-state index contributed by atoms with van der Waals surface area (Å²) in [5.74, 6) is 0.712. The third-order valence-corrected chi connectivity index (χ3v) is 5.73. The zero-order chi connectivity index (χ0) is 16.6. The Morgan fingerprint density at radius 2 is 1.95 bits per heavy atom. The maximum atomic E-state index is 12.8. The second kappa shape index (κ2) is 10.2. The van der Waals surface area contributed by atoms with Crippen LogP contribution >= 0.6 is 42.5 Å². The number of alkyl halides is 3. The molecule has 0 spiro atoms. The van der Waals surface area contributed by atoms with Crippen molar-refractivity contribution in [2.24, 2.45) is 0 Å². The summed E-state index contributed by atoms with van der Waals surface area (Å²) < 4.78 is 19.7. The summed E-state index contributed by atoms with van der Waals surface area (Å²) in [5, 5.41) is 15.5. The van der Waals surface area contributed by atoms with Crippen LogP contribution in [0.1, 0.15) is 6.42 Å². The molecule has 1 aliphatic heterocycles. The fraction of sp³-hybridized carbons (Fsp3) is 0.900. The fourth-order valence-corrected chi connectivity index (χ4v) is 4.70. The van der Waals surface area contributed by atoms with E-state index in [0.717, 1.165) is 0 Å². The van der Waals surface area contributed by atoms with Gasteiger partial charge in [-0.25, -0.2) is 14.6 Å². The number of hydrogen-bond acceptors (Lipinski definition) is 4. The van der Waals surface area contributed by atoms with E-state index >= 15 is 0 Å². The molecule has 0 aromatic rings. The van der Waals surface area contributed by atoms with Crippen LogP contribution in [0.25, 0.3) is 0 Å². The molecule has 0 aromatic heterocycles. The molecule has 1 aliphatic rings. The van der Waals surface area contributed by atoms with Crippen molar-refractivity contribution < 1.29 is 19.1 Å². The molecule has 2 amide bonds. The lowest BCUT2D eigenvalue weighted by Crippen LogP contribution is -2.54. The Morgan fingerprint density at radius 3 is 2.50 bits per heavy atom. The molecule has 130 valence electrons. The SMILES string of the molecule is O=C(NCCCl)N(O)C1CCOP(=O)(N(CCCl)CCCl)N1. The van der Waals surface area contributed by atoms with Crippen LogP contribution in [-0.4, -0.2) is 71.0 Å². The van der Waals surface area contributed by atoms with Crippen LogP contribution in [0, 0.1) is 0 Å². The van der Waals surface area contributed by atoms with Gasteiger partial charge in [-0.2, -0.15) is 5.06 Å². The molecule has 2 unspecified atom stereocenters. The molecular weight excluding hydrogens is 377 g/mol. The monoisotopic (exact) mass is 396 g/mol. The molecule has 0 aliphatic carbocycles. The molecule has 8 nitrogen and oxygen atoms in total. The van der Waals surface area contributed by atoms with E-state index in [4.69, 9.17) is 39.3 Å². The predicted octanol–water partition coefficient (Wildman–Crippen LogP) is 1.85. The van der Waals surface area contributed by atoms with Crippen LogP contribution in [0.2, 0.25) is 0 Å². The number of urea groups is 1. The van der Waals surface area contributed by atoms with Gasteiger partial charge in [-0.3, -0.25) is 9.77 Å². The van der Waals surface area contributed by atoms with Crippen molar-refractivity contribution in [1.82, 2.24) is 20.1 Å². The van der Waals surface area contributed by atoms with E-state index in [2.05, 4.69) is 10.4 Å². The molecule has 0 aromatic carbocycles. The van der Waals surface area contributed by atoms with Gasteiger partial charge >= 0.3 is 13.7 Å². The highest BCUT2D eigenvalue weighted by molar-refractivity contribution is 7.54. The summed E-state index contributed by atoms with van der Waals surface area (Å²) in [6.07, 6.45) is -0.562. The van der Waals surface area contributed by atoms with E-state index < -0.39 is 19.9 Å². The van der Waals surface area contributed by atoms with Gasteiger partial charge in [0.25, 0.3) is 0 Å². The molecule has 0 bridgehead atoms. The Morgan fingerprint density at radius 1 is 1.32 bits per heavy atom. The van der Waals surface area contributed by atoms with Crippen LogP contribution in [0.4, 0.5) is 4.79 Å². The van der Waals surface area contributed by atoms with Gasteiger partial charge in [-0.05, 0) is 0 Å². The van der Waals surface area contributed by atoms with Crippen LogP contribution in [-0.2, 0) is 9.09 Å². The van der Waals surface area contributed by atoms with E-state index in [1.807, 2.05) is 0 Å². The topological polar surface area (TPSA) is 94.1 Å². The third kappa shape index (κ3) is 5.69. The fourth-order valence-electron chi connectivity index (χ4n) is 1.87. The van der Waals surface area contributed by atoms with Gasteiger partial charge in [0.05, 0.1) is 6.61 Å². The second-order valence-electron chi connectivity index (χ2n) is 4.38. The van der Waals surface area contributed by atoms with Crippen molar-refractivity contribution in [3.05, 3.63) is 0 Å². The Hall–Kier alpha value is 0.210. The zero-order valence-electron chi connectivity index (χ0n) is 11.9. The van der Waals surface area contributed by atoms with E-state index in [9.17, 15) is 14.6 Å². The van der Waals surface area contributed by atoms with Gasteiger partial charge in [-0.15, -0.1) is 34.8 Å². The number of carbonyl (C=O) groups excluding carboxylic acids is 1. The molecule has 12 heteroatoms. The first-order valence-corrected chi connectivity index (χ1v) is 9.88. The summed E-state index contributed by atoms with van der Waals surface area (Å²) >= 11 is 16.9. The first-order chi connectivity index (χ1) is 10.5. The lowest BCUT2D eigenvalue weighted by atomic mass is 10.3. The highest BCUT2D eigenvalue weighted by Crippen LogP contribution is 2.49. The first kappa shape index (κ1) is 20.3. The van der Waals surface area contributed by atoms with Crippen LogP contribution in [0.5, 0.6) is 0 Å². The van der Waals surface area contributed by atoms with E-state index in [0.29, 0.717) is 18.2 Å². The summed E-state index contributed by atoms with van der Waals surface area (Å²) in [7, 11) is -3.43. The number of hydroxylamine groups is 2. The Kier molecular flexibility index (Phi) is 9.35. The number of nitrogens with zero attached hydrogens (tertiary/aromatic N) is 2. The average molecular weight is 398 g/mol. The Balaban J connectivity index is 2.72. The Labute approximate surface area is 144 Å². The van der Waals surface area contributed by atoms with Crippen molar-refractivity contribution in [1.29, 1.82) is 0 Å². The van der Waals surface area contributed by atoms with Crippen molar-refractivity contribution in [2.75, 3.05) is 43.9 Å². The number of hydrogen-bond donors (Lipinski definition) is 3. The molecule has 22 heavy (non-hydrogen) atoms. The van der Waals surface area contributed by atoms with Gasteiger partial charge in [0, 0.05) is 43.7 Å². The number of rotatable bonds is 8. The second-order valence-corrected chi connectivity index (χ2v) is 7.64. The minimum absolute atomic E-state index is 0.121. The number of nitrogens with one attached hydrogen (secondary N) is 2. The Bertz CT molecular complexity index is 400. The molecule has 0 radical (unpaired) electrons. The van der Waals surface area contributed by atoms with E-state index in [-0.39, 0.29) is 37.2 Å². The van der Waals surface area contributed by atoms with Gasteiger partial charge in [-0.1, -0.05) is 0 Å². The normalized spacial score (nSPS) is 25.2. The number of halogens is 3. The zero-order valence-corrected chi connectivity index (χ0v) is 15.0. The lowest BCUT2D eigenvalue weighted by Gasteiger charge is -2.39. The molecule has 3 N–H and O–H groups in total. The van der Waals surface area contributed by atoms with Crippen LogP contribution < -0.4 is 10.4 Å². The van der Waals surface area contributed by atoms with Crippen LogP contribution in [0.15, 0.2) is 0 Å². The molecule has 1 rings (SSSR count). The standard InChI is InChI=1S/C10H20Cl3N4O4P/c11-2-5-14-10(18)17(19)9-1-8-21-22(20,15-9)16(6-3-12)7-4-13/h9,19H,1-8H2,(H,14,18)(H,15,20). The van der Waals surface area contributed by atoms with E-state index in [1.54, 1.807) is 0 Å². The smallest absolute Gasteiger partial charge is 0.335 e. The highest BCUT2D eigenvalue weighted by atomic mass is 35.5. The van der Waals surface area contributed by atoms with Crippen molar-refractivity contribution in [2.45, 2.75) is 12.6 Å². The van der Waals surface area contributed by atoms with Gasteiger partial charge in [0.1, 0.15) is 6.17 Å². The van der Waals surface area contributed by atoms with Crippen LogP contribution in [0.3, 0.4) is 0 Å². The maximum absolute atomic E-state index is 12.8. The van der Waals surface area contributed by atoms with Gasteiger partial charge in [0.2, 0.25) is 0 Å². The predicted molar refractivity (Wildman–Crippen MR) is 85.9 cm³/mol. The van der Waals surface area contributed by atoms with Gasteiger partial charge < -0.3 is 9.84 Å². The minimum Gasteiger partial charge on any atom is -0.335 e. The molecule has 1 heterocycles. The quantitative estimate of drug-likeness (QED) is 0.250. The summed E-state index contributed by atoms with van der Waals surface area (Å²) in [5.41, 5.74) is 0. The molecule has 2 atom stereocenters. The average Bonchev–Trinajstić information content (AvgIpc) is 2.51. The van der Waals surface area contributed by atoms with Crippen molar-refractivity contribution in [3.8, 4) is 0 Å². The van der Waals surface area contributed by atoms with Crippen molar-refractivity contribution in [3.63, 3.8) is 0 Å².